The molecule has 4 heteroatoms. The summed E-state index contributed by atoms with van der Waals surface area (Å²) in [5.41, 5.74) is 1.30. The van der Waals surface area contributed by atoms with E-state index >= 15 is 0 Å². The molecule has 0 aliphatic carbocycles. The Balaban J connectivity index is 2.84. The second kappa shape index (κ2) is 2.50. The average Bonchev–Trinajstić information content (AvgIpc) is 2.49. The summed E-state index contributed by atoms with van der Waals surface area (Å²) in [5.74, 6) is 0. The van der Waals surface area contributed by atoms with Gasteiger partial charge in [0.15, 0.2) is 0 Å². The quantitative estimate of drug-likeness (QED) is 0.670. The number of hydrogen-bond acceptors (Lipinski definition) is 2. The molecule has 0 saturated heterocycles. The maximum atomic E-state index is 8.65. The molecule has 3 nitrogen and oxygen atoms in total. The van der Waals surface area contributed by atoms with Crippen molar-refractivity contribution < 1.29 is 0 Å². The molecule has 1 aromatic carbocycles. The van der Waals surface area contributed by atoms with Crippen molar-refractivity contribution in [2.75, 3.05) is 0 Å². The summed E-state index contributed by atoms with van der Waals surface area (Å²) in [6.45, 7) is 0. The van der Waals surface area contributed by atoms with Crippen LogP contribution in [0.2, 0.25) is 5.02 Å². The number of aromatic nitrogens is 2. The first-order valence-electron chi connectivity index (χ1n) is 3.34. The summed E-state index contributed by atoms with van der Waals surface area (Å²) in [5, 5.41) is 16.6. The minimum Gasteiger partial charge on any atom is -0.278 e. The molecule has 1 heterocycles. The van der Waals surface area contributed by atoms with Crippen LogP contribution >= 0.6 is 11.6 Å². The van der Waals surface area contributed by atoms with Gasteiger partial charge in [-0.25, -0.2) is 0 Å². The van der Waals surface area contributed by atoms with Crippen molar-refractivity contribution >= 4 is 22.5 Å². The molecule has 0 saturated carbocycles. The summed E-state index contributed by atoms with van der Waals surface area (Å²) >= 11 is 5.80. The molecule has 1 N–H and O–H groups in total. The minimum absolute atomic E-state index is 0.464. The highest BCUT2D eigenvalue weighted by molar-refractivity contribution is 6.32. The van der Waals surface area contributed by atoms with Crippen molar-refractivity contribution in [1.29, 1.82) is 5.26 Å². The normalized spacial score (nSPS) is 10.0. The molecular weight excluding hydrogens is 174 g/mol. The van der Waals surface area contributed by atoms with E-state index in [1.54, 1.807) is 18.3 Å². The predicted molar refractivity (Wildman–Crippen MR) is 45.8 cm³/mol. The molecule has 2 aromatic rings. The van der Waals surface area contributed by atoms with Crippen molar-refractivity contribution in [3.63, 3.8) is 0 Å². The van der Waals surface area contributed by atoms with Gasteiger partial charge in [0.2, 0.25) is 0 Å². The van der Waals surface area contributed by atoms with E-state index in [-0.39, 0.29) is 0 Å². The molecule has 0 amide bonds. The Morgan fingerprint density at radius 2 is 2.33 bits per heavy atom. The second-order valence-corrected chi connectivity index (χ2v) is 2.81. The highest BCUT2D eigenvalue weighted by Gasteiger charge is 2.02. The van der Waals surface area contributed by atoms with E-state index in [1.165, 1.54) is 0 Å². The van der Waals surface area contributed by atoms with Crippen molar-refractivity contribution in [3.05, 3.63) is 28.9 Å². The Kier molecular flexibility index (Phi) is 1.49. The molecule has 2 rings (SSSR count). The first-order valence-corrected chi connectivity index (χ1v) is 3.72. The number of nitriles is 1. The average molecular weight is 178 g/mol. The number of halogens is 1. The number of H-pyrrole nitrogens is 1. The van der Waals surface area contributed by atoms with Crippen LogP contribution in [-0.4, -0.2) is 10.2 Å². The number of benzene rings is 1. The van der Waals surface area contributed by atoms with Gasteiger partial charge in [-0.2, -0.15) is 10.4 Å². The van der Waals surface area contributed by atoms with Gasteiger partial charge in [0, 0.05) is 5.39 Å². The van der Waals surface area contributed by atoms with E-state index in [1.807, 2.05) is 6.07 Å². The van der Waals surface area contributed by atoms with E-state index in [9.17, 15) is 0 Å². The van der Waals surface area contributed by atoms with Gasteiger partial charge >= 0.3 is 0 Å². The van der Waals surface area contributed by atoms with Crippen molar-refractivity contribution in [2.45, 2.75) is 0 Å². The predicted octanol–water partition coefficient (Wildman–Crippen LogP) is 2.09. The summed E-state index contributed by atoms with van der Waals surface area (Å²) < 4.78 is 0. The summed E-state index contributed by atoms with van der Waals surface area (Å²) in [7, 11) is 0. The zero-order chi connectivity index (χ0) is 8.55. The molecular formula is C8H4ClN3. The smallest absolute Gasteiger partial charge is 0.101 e. The Labute approximate surface area is 73.6 Å². The third-order valence-electron chi connectivity index (χ3n) is 1.65. The van der Waals surface area contributed by atoms with Gasteiger partial charge in [0.1, 0.15) is 6.07 Å². The number of fused-ring (bicyclic) bond motifs is 1. The van der Waals surface area contributed by atoms with E-state index in [2.05, 4.69) is 10.2 Å². The zero-order valence-electron chi connectivity index (χ0n) is 6.00. The number of nitrogens with one attached hydrogen (secondary N) is 1. The maximum Gasteiger partial charge on any atom is 0.101 e. The zero-order valence-corrected chi connectivity index (χ0v) is 6.76. The topological polar surface area (TPSA) is 52.5 Å². The lowest BCUT2D eigenvalue weighted by Gasteiger charge is -1.93. The molecule has 0 fully saturated rings. The number of nitrogens with zero attached hydrogens (tertiary/aromatic N) is 2. The first kappa shape index (κ1) is 7.14. The van der Waals surface area contributed by atoms with Gasteiger partial charge in [-0.3, -0.25) is 5.10 Å². The summed E-state index contributed by atoms with van der Waals surface area (Å²) in [6.07, 6.45) is 1.67. The highest BCUT2D eigenvalue weighted by Crippen LogP contribution is 2.21. The van der Waals surface area contributed by atoms with Crippen molar-refractivity contribution in [2.24, 2.45) is 0 Å². The van der Waals surface area contributed by atoms with Gasteiger partial charge < -0.3 is 0 Å². The van der Waals surface area contributed by atoms with Gasteiger partial charge in [0.05, 0.1) is 22.3 Å². The van der Waals surface area contributed by atoms with E-state index < -0.39 is 0 Å². The fourth-order valence-electron chi connectivity index (χ4n) is 1.05. The Morgan fingerprint density at radius 3 is 3.08 bits per heavy atom. The lowest BCUT2D eigenvalue weighted by atomic mass is 10.2. The van der Waals surface area contributed by atoms with E-state index in [0.29, 0.717) is 10.6 Å². The molecule has 0 bridgehead atoms. The van der Waals surface area contributed by atoms with Crippen LogP contribution in [0.25, 0.3) is 10.9 Å². The van der Waals surface area contributed by atoms with Gasteiger partial charge in [-0.15, -0.1) is 0 Å². The SMILES string of the molecule is N#Cc1cc2[nH]ncc2cc1Cl. The number of hydrogen-bond donors (Lipinski definition) is 1. The van der Waals surface area contributed by atoms with Gasteiger partial charge in [-0.1, -0.05) is 11.6 Å². The highest BCUT2D eigenvalue weighted by atomic mass is 35.5. The Hall–Kier alpha value is -1.53. The first-order chi connectivity index (χ1) is 5.81. The molecule has 58 valence electrons. The van der Waals surface area contributed by atoms with Crippen LogP contribution in [0, 0.1) is 11.3 Å². The van der Waals surface area contributed by atoms with Crippen molar-refractivity contribution in [1.82, 2.24) is 10.2 Å². The van der Waals surface area contributed by atoms with E-state index in [0.717, 1.165) is 10.9 Å². The van der Waals surface area contributed by atoms with Crippen molar-refractivity contribution in [3.8, 4) is 6.07 Å². The summed E-state index contributed by atoms with van der Waals surface area (Å²) in [6, 6.07) is 5.40. The minimum atomic E-state index is 0.464. The van der Waals surface area contributed by atoms with Crippen LogP contribution in [0.3, 0.4) is 0 Å². The molecule has 0 radical (unpaired) electrons. The van der Waals surface area contributed by atoms with Crippen LogP contribution in [0.1, 0.15) is 5.56 Å². The Bertz CT molecular complexity index is 467. The molecule has 0 atom stereocenters. The van der Waals surface area contributed by atoms with Gasteiger partial charge in [-0.05, 0) is 12.1 Å². The molecule has 0 aliphatic rings. The lowest BCUT2D eigenvalue weighted by Crippen LogP contribution is -1.76. The maximum absolute atomic E-state index is 8.65. The standard InChI is InChI=1S/C8H4ClN3/c9-7-1-6-4-11-12-8(6)2-5(7)3-10/h1-2,4H,(H,11,12). The van der Waals surface area contributed by atoms with Gasteiger partial charge in [0.25, 0.3) is 0 Å². The lowest BCUT2D eigenvalue weighted by molar-refractivity contribution is 1.12. The Morgan fingerprint density at radius 1 is 1.50 bits per heavy atom. The fraction of sp³-hybridized carbons (Fsp3) is 0. The van der Waals surface area contributed by atoms with Crippen LogP contribution in [0.5, 0.6) is 0 Å². The number of rotatable bonds is 0. The molecule has 0 unspecified atom stereocenters. The number of aromatic amines is 1. The third-order valence-corrected chi connectivity index (χ3v) is 1.96. The molecule has 12 heavy (non-hydrogen) atoms. The van der Waals surface area contributed by atoms with Crippen LogP contribution < -0.4 is 0 Å². The molecule has 1 aromatic heterocycles. The summed E-state index contributed by atoms with van der Waals surface area (Å²) in [4.78, 5) is 0. The van der Waals surface area contributed by atoms with E-state index in [4.69, 9.17) is 16.9 Å². The largest absolute Gasteiger partial charge is 0.278 e. The molecule has 0 spiro atoms. The monoisotopic (exact) mass is 177 g/mol. The van der Waals surface area contributed by atoms with Crippen LogP contribution in [0.15, 0.2) is 18.3 Å². The van der Waals surface area contributed by atoms with Crippen LogP contribution in [0.4, 0.5) is 0 Å². The third kappa shape index (κ3) is 0.936. The molecule has 0 aliphatic heterocycles. The van der Waals surface area contributed by atoms with Crippen LogP contribution in [-0.2, 0) is 0 Å². The fourth-order valence-corrected chi connectivity index (χ4v) is 1.26. The second-order valence-electron chi connectivity index (χ2n) is 2.40.